The number of nitrogens with two attached hydrogens (primary N) is 1. The van der Waals surface area contributed by atoms with Gasteiger partial charge in [0.05, 0.1) is 29.3 Å². The number of methoxy groups -OCH3 is 1. The van der Waals surface area contributed by atoms with Gasteiger partial charge >= 0.3 is 5.97 Å². The van der Waals surface area contributed by atoms with E-state index in [9.17, 15) is 14.4 Å². The van der Waals surface area contributed by atoms with Crippen molar-refractivity contribution in [1.29, 1.82) is 0 Å². The maximum absolute atomic E-state index is 12.3. The molecule has 8 nitrogen and oxygen atoms in total. The number of benzene rings is 1. The van der Waals surface area contributed by atoms with Crippen molar-refractivity contribution in [3.8, 4) is 11.5 Å². The number of hydrogen-bond acceptors (Lipinski definition) is 7. The number of carbonyl (C=O) groups is 3. The third-order valence-electron chi connectivity index (χ3n) is 3.43. The topological polar surface area (TPSA) is 117 Å². The molecular formula is C18H19BrN2O6S. The molecule has 3 N–H and O–H groups in total. The number of esters is 1. The second-order valence-electron chi connectivity index (χ2n) is 5.49. The predicted molar refractivity (Wildman–Crippen MR) is 108 cm³/mol. The average molecular weight is 471 g/mol. The molecule has 0 atom stereocenters. The molecule has 0 aliphatic rings. The van der Waals surface area contributed by atoms with Crippen LogP contribution in [0.1, 0.15) is 34.1 Å². The van der Waals surface area contributed by atoms with Crippen LogP contribution in [-0.2, 0) is 9.53 Å². The van der Waals surface area contributed by atoms with Crippen molar-refractivity contribution in [2.45, 2.75) is 13.3 Å². The Morgan fingerprint density at radius 1 is 1.29 bits per heavy atom. The summed E-state index contributed by atoms with van der Waals surface area (Å²) in [6.45, 7) is 1.94. The Morgan fingerprint density at radius 2 is 2.04 bits per heavy atom. The van der Waals surface area contributed by atoms with E-state index in [-0.39, 0.29) is 11.1 Å². The highest BCUT2D eigenvalue weighted by Crippen LogP contribution is 2.37. The molecule has 0 saturated heterocycles. The number of halogens is 1. The largest absolute Gasteiger partial charge is 0.493 e. The summed E-state index contributed by atoms with van der Waals surface area (Å²) >= 11 is 4.49. The van der Waals surface area contributed by atoms with Gasteiger partial charge in [-0.25, -0.2) is 4.79 Å². The average Bonchev–Trinajstić information content (AvgIpc) is 3.12. The lowest BCUT2D eigenvalue weighted by Crippen LogP contribution is -2.22. The molecule has 0 radical (unpaired) electrons. The van der Waals surface area contributed by atoms with Crippen LogP contribution in [0, 0.1) is 0 Å². The number of anilines is 1. The molecular weight excluding hydrogens is 452 g/mol. The molecule has 150 valence electrons. The van der Waals surface area contributed by atoms with Gasteiger partial charge in [0.2, 0.25) is 0 Å². The van der Waals surface area contributed by atoms with Gasteiger partial charge in [0, 0.05) is 0 Å². The first-order valence-corrected chi connectivity index (χ1v) is 9.89. The first kappa shape index (κ1) is 21.7. The summed E-state index contributed by atoms with van der Waals surface area (Å²) in [5.41, 5.74) is 5.61. The van der Waals surface area contributed by atoms with Gasteiger partial charge in [0.15, 0.2) is 18.1 Å². The fourth-order valence-corrected chi connectivity index (χ4v) is 3.52. The molecule has 1 aromatic carbocycles. The number of nitrogens with one attached hydrogen (secondary N) is 1. The van der Waals surface area contributed by atoms with Gasteiger partial charge < -0.3 is 25.3 Å². The minimum Gasteiger partial charge on any atom is -0.493 e. The molecule has 1 heterocycles. The molecule has 1 aromatic heterocycles. The van der Waals surface area contributed by atoms with E-state index in [1.54, 1.807) is 5.38 Å². The zero-order chi connectivity index (χ0) is 20.7. The fraction of sp³-hybridized carbons (Fsp3) is 0.278. The zero-order valence-corrected chi connectivity index (χ0v) is 17.6. The number of rotatable bonds is 9. The van der Waals surface area contributed by atoms with E-state index in [2.05, 4.69) is 21.2 Å². The number of carbonyl (C=O) groups excluding carboxylic acids is 3. The van der Waals surface area contributed by atoms with E-state index in [0.717, 1.165) is 17.8 Å². The van der Waals surface area contributed by atoms with Crippen molar-refractivity contribution in [2.75, 3.05) is 25.6 Å². The highest BCUT2D eigenvalue weighted by Gasteiger charge is 2.18. The Labute approximate surface area is 174 Å². The quantitative estimate of drug-likeness (QED) is 0.543. The molecule has 28 heavy (non-hydrogen) atoms. The Balaban J connectivity index is 2.02. The van der Waals surface area contributed by atoms with Gasteiger partial charge in [0.25, 0.3) is 11.8 Å². The molecule has 0 saturated carbocycles. The van der Waals surface area contributed by atoms with E-state index in [0.29, 0.717) is 27.6 Å². The summed E-state index contributed by atoms with van der Waals surface area (Å²) in [4.78, 5) is 35.5. The molecule has 10 heteroatoms. The Hall–Kier alpha value is -2.59. The van der Waals surface area contributed by atoms with Crippen molar-refractivity contribution in [3.05, 3.63) is 39.2 Å². The van der Waals surface area contributed by atoms with Crippen molar-refractivity contribution in [2.24, 2.45) is 5.73 Å². The first-order chi connectivity index (χ1) is 13.4. The highest BCUT2D eigenvalue weighted by molar-refractivity contribution is 9.10. The minimum absolute atomic E-state index is 0.189. The second-order valence-corrected chi connectivity index (χ2v) is 7.26. The second kappa shape index (κ2) is 10.1. The Morgan fingerprint density at radius 3 is 2.68 bits per heavy atom. The van der Waals surface area contributed by atoms with Crippen LogP contribution in [0.4, 0.5) is 5.00 Å². The lowest BCUT2D eigenvalue weighted by atomic mass is 10.2. The van der Waals surface area contributed by atoms with Crippen molar-refractivity contribution < 1.29 is 28.6 Å². The lowest BCUT2D eigenvalue weighted by molar-refractivity contribution is -0.119. The molecule has 0 bridgehead atoms. The van der Waals surface area contributed by atoms with Gasteiger partial charge in [-0.2, -0.15) is 0 Å². The number of amides is 2. The standard InChI is InChI=1S/C18H19BrN2O6S/c1-3-5-26-15-12(19)7-10(8-13(15)25-2)18(24)27-9-14(22)21-17-11(16(20)23)4-6-28-17/h4,6-8H,3,5,9H2,1-2H3,(H2,20,23)(H,21,22). The number of hydrogen-bond donors (Lipinski definition) is 2. The van der Waals surface area contributed by atoms with Crippen LogP contribution in [0.3, 0.4) is 0 Å². The summed E-state index contributed by atoms with van der Waals surface area (Å²) in [5.74, 6) is -1.11. The monoisotopic (exact) mass is 470 g/mol. The van der Waals surface area contributed by atoms with Crippen LogP contribution >= 0.6 is 27.3 Å². The summed E-state index contributed by atoms with van der Waals surface area (Å²) in [7, 11) is 1.46. The van der Waals surface area contributed by atoms with Crippen LogP contribution in [0.25, 0.3) is 0 Å². The molecule has 2 amide bonds. The molecule has 0 aliphatic heterocycles. The lowest BCUT2D eigenvalue weighted by Gasteiger charge is -2.13. The number of ether oxygens (including phenoxy) is 3. The van der Waals surface area contributed by atoms with Gasteiger partial charge in [0.1, 0.15) is 5.00 Å². The van der Waals surface area contributed by atoms with Crippen LogP contribution in [0.15, 0.2) is 28.1 Å². The minimum atomic E-state index is -0.711. The zero-order valence-electron chi connectivity index (χ0n) is 15.2. The Bertz CT molecular complexity index is 883. The number of primary amides is 1. The van der Waals surface area contributed by atoms with Crippen molar-refractivity contribution >= 4 is 50.1 Å². The smallest absolute Gasteiger partial charge is 0.338 e. The Kier molecular flexibility index (Phi) is 7.82. The van der Waals surface area contributed by atoms with Crippen molar-refractivity contribution in [3.63, 3.8) is 0 Å². The SMILES string of the molecule is CCCOc1c(Br)cc(C(=O)OCC(=O)Nc2sccc2C(N)=O)cc1OC. The van der Waals surface area contributed by atoms with Crippen LogP contribution < -0.4 is 20.5 Å². The van der Waals surface area contributed by atoms with Gasteiger partial charge in [-0.15, -0.1) is 11.3 Å². The van der Waals surface area contributed by atoms with Crippen LogP contribution in [0.2, 0.25) is 0 Å². The summed E-state index contributed by atoms with van der Waals surface area (Å²) in [6, 6.07) is 4.50. The van der Waals surface area contributed by atoms with Crippen LogP contribution in [0.5, 0.6) is 11.5 Å². The molecule has 0 spiro atoms. The van der Waals surface area contributed by atoms with E-state index in [4.69, 9.17) is 19.9 Å². The van der Waals surface area contributed by atoms with Gasteiger partial charge in [-0.3, -0.25) is 9.59 Å². The molecule has 0 fully saturated rings. The van der Waals surface area contributed by atoms with Gasteiger partial charge in [-0.1, -0.05) is 6.92 Å². The van der Waals surface area contributed by atoms with E-state index in [1.807, 2.05) is 6.92 Å². The van der Waals surface area contributed by atoms with Crippen LogP contribution in [-0.4, -0.2) is 38.1 Å². The summed E-state index contributed by atoms with van der Waals surface area (Å²) < 4.78 is 16.4. The molecule has 0 unspecified atom stereocenters. The maximum Gasteiger partial charge on any atom is 0.338 e. The third-order valence-corrected chi connectivity index (χ3v) is 4.85. The highest BCUT2D eigenvalue weighted by atomic mass is 79.9. The number of thiophene rings is 1. The normalized spacial score (nSPS) is 10.2. The fourth-order valence-electron chi connectivity index (χ4n) is 2.16. The molecule has 0 aliphatic carbocycles. The van der Waals surface area contributed by atoms with Crippen molar-refractivity contribution in [1.82, 2.24) is 0 Å². The predicted octanol–water partition coefficient (Wildman–Crippen LogP) is 3.20. The summed E-state index contributed by atoms with van der Waals surface area (Å²) in [6.07, 6.45) is 0.816. The third kappa shape index (κ3) is 5.46. The van der Waals surface area contributed by atoms with E-state index >= 15 is 0 Å². The first-order valence-electron chi connectivity index (χ1n) is 8.22. The summed E-state index contributed by atoms with van der Waals surface area (Å²) in [5, 5.41) is 4.41. The van der Waals surface area contributed by atoms with Gasteiger partial charge in [-0.05, 0) is 45.9 Å². The van der Waals surface area contributed by atoms with E-state index in [1.165, 1.54) is 25.3 Å². The van der Waals surface area contributed by atoms with E-state index < -0.39 is 24.4 Å². The molecule has 2 aromatic rings. The maximum atomic E-state index is 12.3. The molecule has 2 rings (SSSR count).